The number of benzene rings is 1. The van der Waals surface area contributed by atoms with E-state index in [2.05, 4.69) is 15.6 Å². The summed E-state index contributed by atoms with van der Waals surface area (Å²) < 4.78 is 5.66. The van der Waals surface area contributed by atoms with E-state index < -0.39 is 5.60 Å². The molecule has 2 aromatic rings. The van der Waals surface area contributed by atoms with Crippen LogP contribution in [0.25, 0.3) is 0 Å². The average Bonchev–Trinajstić information content (AvgIpc) is 3.14. The zero-order valence-corrected chi connectivity index (χ0v) is 19.5. The molecular formula is C20H30IN3O2S. The van der Waals surface area contributed by atoms with Crippen molar-refractivity contribution in [1.29, 1.82) is 0 Å². The predicted molar refractivity (Wildman–Crippen MR) is 124 cm³/mol. The van der Waals surface area contributed by atoms with E-state index >= 15 is 0 Å². The highest BCUT2D eigenvalue weighted by molar-refractivity contribution is 14.0. The quantitative estimate of drug-likeness (QED) is 0.288. The second-order valence-corrected chi connectivity index (χ2v) is 7.56. The topological polar surface area (TPSA) is 65.9 Å². The van der Waals surface area contributed by atoms with Gasteiger partial charge < -0.3 is 20.5 Å². The molecule has 0 aliphatic heterocycles. The minimum absolute atomic E-state index is 0. The lowest BCUT2D eigenvalue weighted by Gasteiger charge is -2.23. The maximum Gasteiger partial charge on any atom is 0.191 e. The van der Waals surface area contributed by atoms with Gasteiger partial charge in [-0.2, -0.15) is 0 Å². The van der Waals surface area contributed by atoms with Crippen molar-refractivity contribution in [2.24, 2.45) is 4.99 Å². The first kappa shape index (κ1) is 23.7. The third-order valence-electron chi connectivity index (χ3n) is 3.71. The van der Waals surface area contributed by atoms with E-state index in [-0.39, 0.29) is 30.1 Å². The molecule has 5 nitrogen and oxygen atoms in total. The molecular weight excluding hydrogens is 473 g/mol. The Bertz CT molecular complexity index is 686. The summed E-state index contributed by atoms with van der Waals surface area (Å²) in [5.41, 5.74) is 0.170. The molecule has 1 heterocycles. The van der Waals surface area contributed by atoms with Crippen molar-refractivity contribution in [2.75, 3.05) is 13.1 Å². The molecule has 1 unspecified atom stereocenters. The van der Waals surface area contributed by atoms with Crippen LogP contribution < -0.4 is 15.4 Å². The summed E-state index contributed by atoms with van der Waals surface area (Å²) in [6.45, 7) is 9.55. The lowest BCUT2D eigenvalue weighted by atomic mass is 10.1. The number of nitrogens with one attached hydrogen (secondary N) is 2. The molecule has 150 valence electrons. The largest absolute Gasteiger partial charge is 0.491 e. The van der Waals surface area contributed by atoms with Gasteiger partial charge in [-0.3, -0.25) is 0 Å². The van der Waals surface area contributed by atoms with Gasteiger partial charge >= 0.3 is 0 Å². The number of ether oxygens (including phenoxy) is 1. The number of hydrogen-bond donors (Lipinski definition) is 3. The van der Waals surface area contributed by atoms with Crippen LogP contribution in [0, 0.1) is 0 Å². The fraction of sp³-hybridized carbons (Fsp3) is 0.450. The molecule has 0 bridgehead atoms. The van der Waals surface area contributed by atoms with E-state index in [1.54, 1.807) is 11.3 Å². The Hall–Kier alpha value is -1.32. The minimum atomic E-state index is -0.930. The van der Waals surface area contributed by atoms with Gasteiger partial charge in [0.05, 0.1) is 19.2 Å². The molecule has 0 saturated carbocycles. The SMILES string of the molecule is CCNC(=NCc1ccc(OC(C)C)cc1)NCC(C)(O)c1cccs1.I. The lowest BCUT2D eigenvalue weighted by Crippen LogP contribution is -2.44. The summed E-state index contributed by atoms with van der Waals surface area (Å²) in [5.74, 6) is 1.55. The summed E-state index contributed by atoms with van der Waals surface area (Å²) >= 11 is 1.55. The number of aliphatic hydroxyl groups is 1. The first-order valence-corrected chi connectivity index (χ1v) is 9.83. The first-order valence-electron chi connectivity index (χ1n) is 8.95. The van der Waals surface area contributed by atoms with E-state index in [9.17, 15) is 5.11 Å². The van der Waals surface area contributed by atoms with E-state index in [1.807, 2.05) is 69.5 Å². The van der Waals surface area contributed by atoms with Crippen LogP contribution in [0.4, 0.5) is 0 Å². The third-order valence-corrected chi connectivity index (χ3v) is 4.83. The van der Waals surface area contributed by atoms with Gasteiger partial charge in [-0.25, -0.2) is 4.99 Å². The molecule has 0 radical (unpaired) electrons. The number of guanidine groups is 1. The summed E-state index contributed by atoms with van der Waals surface area (Å²) in [6, 6.07) is 11.9. The van der Waals surface area contributed by atoms with Crippen molar-refractivity contribution in [3.05, 3.63) is 52.2 Å². The van der Waals surface area contributed by atoms with Crippen molar-refractivity contribution < 1.29 is 9.84 Å². The van der Waals surface area contributed by atoms with Crippen LogP contribution in [-0.2, 0) is 12.1 Å². The Morgan fingerprint density at radius 1 is 1.22 bits per heavy atom. The fourth-order valence-corrected chi connectivity index (χ4v) is 3.17. The lowest BCUT2D eigenvalue weighted by molar-refractivity contribution is 0.0655. The summed E-state index contributed by atoms with van der Waals surface area (Å²) in [4.78, 5) is 5.54. The molecule has 1 aromatic carbocycles. The molecule has 0 aliphatic rings. The van der Waals surface area contributed by atoms with Crippen LogP contribution in [-0.4, -0.2) is 30.3 Å². The average molecular weight is 503 g/mol. The maximum atomic E-state index is 10.6. The second-order valence-electron chi connectivity index (χ2n) is 6.61. The normalized spacial score (nSPS) is 13.6. The van der Waals surface area contributed by atoms with Crippen molar-refractivity contribution in [1.82, 2.24) is 10.6 Å². The van der Waals surface area contributed by atoms with E-state index in [0.717, 1.165) is 22.7 Å². The van der Waals surface area contributed by atoms with Gasteiger partial charge in [0, 0.05) is 11.4 Å². The highest BCUT2D eigenvalue weighted by Crippen LogP contribution is 2.24. The van der Waals surface area contributed by atoms with Gasteiger partial charge in [-0.05, 0) is 56.8 Å². The molecule has 7 heteroatoms. The smallest absolute Gasteiger partial charge is 0.191 e. The summed E-state index contributed by atoms with van der Waals surface area (Å²) in [7, 11) is 0. The van der Waals surface area contributed by atoms with Gasteiger partial charge in [0.15, 0.2) is 5.96 Å². The third kappa shape index (κ3) is 8.06. The molecule has 0 fully saturated rings. The van der Waals surface area contributed by atoms with Crippen molar-refractivity contribution in [3.8, 4) is 5.75 Å². The van der Waals surface area contributed by atoms with Gasteiger partial charge in [-0.15, -0.1) is 35.3 Å². The molecule has 0 amide bonds. The predicted octanol–water partition coefficient (Wildman–Crippen LogP) is 4.12. The molecule has 2 rings (SSSR count). The van der Waals surface area contributed by atoms with Crippen molar-refractivity contribution in [3.63, 3.8) is 0 Å². The Kier molecular flexibility index (Phi) is 10.1. The Morgan fingerprint density at radius 2 is 1.93 bits per heavy atom. The van der Waals surface area contributed by atoms with Gasteiger partial charge in [0.1, 0.15) is 11.4 Å². The van der Waals surface area contributed by atoms with Gasteiger partial charge in [0.2, 0.25) is 0 Å². The van der Waals surface area contributed by atoms with Crippen molar-refractivity contribution in [2.45, 2.75) is 45.9 Å². The fourth-order valence-electron chi connectivity index (χ4n) is 2.39. The van der Waals surface area contributed by atoms with Crippen LogP contribution in [0.1, 0.15) is 38.1 Å². The molecule has 1 atom stereocenters. The van der Waals surface area contributed by atoms with E-state index in [1.165, 1.54) is 0 Å². The Balaban J connectivity index is 0.00000364. The molecule has 1 aromatic heterocycles. The minimum Gasteiger partial charge on any atom is -0.491 e. The van der Waals surface area contributed by atoms with Gasteiger partial charge in [-0.1, -0.05) is 18.2 Å². The van der Waals surface area contributed by atoms with E-state index in [0.29, 0.717) is 19.0 Å². The number of aliphatic imine (C=N–C) groups is 1. The van der Waals surface area contributed by atoms with Crippen LogP contribution in [0.3, 0.4) is 0 Å². The molecule has 27 heavy (non-hydrogen) atoms. The van der Waals surface area contributed by atoms with Crippen LogP contribution in [0.15, 0.2) is 46.8 Å². The summed E-state index contributed by atoms with van der Waals surface area (Å²) in [6.07, 6.45) is 0.166. The van der Waals surface area contributed by atoms with Crippen LogP contribution in [0.5, 0.6) is 5.75 Å². The van der Waals surface area contributed by atoms with Crippen molar-refractivity contribution >= 4 is 41.3 Å². The first-order chi connectivity index (χ1) is 12.4. The zero-order chi connectivity index (χ0) is 19.0. The monoisotopic (exact) mass is 503 g/mol. The highest BCUT2D eigenvalue weighted by atomic mass is 127. The van der Waals surface area contributed by atoms with E-state index in [4.69, 9.17) is 4.74 Å². The number of hydrogen-bond acceptors (Lipinski definition) is 4. The van der Waals surface area contributed by atoms with Crippen LogP contribution >= 0.6 is 35.3 Å². The molecule has 0 aliphatic carbocycles. The molecule has 0 saturated heterocycles. The number of nitrogens with zero attached hydrogens (tertiary/aromatic N) is 1. The Labute approximate surface area is 183 Å². The number of halogens is 1. The van der Waals surface area contributed by atoms with Crippen LogP contribution in [0.2, 0.25) is 0 Å². The molecule has 0 spiro atoms. The number of rotatable bonds is 8. The highest BCUT2D eigenvalue weighted by Gasteiger charge is 2.24. The zero-order valence-electron chi connectivity index (χ0n) is 16.4. The van der Waals surface area contributed by atoms with Gasteiger partial charge in [0.25, 0.3) is 0 Å². The second kappa shape index (κ2) is 11.5. The Morgan fingerprint density at radius 3 is 2.48 bits per heavy atom. The standard InChI is InChI=1S/C20H29N3O2S.HI/c1-5-21-19(23-14-20(4,24)18-7-6-12-26-18)22-13-16-8-10-17(11-9-16)25-15(2)3;/h6-12,15,24H,5,13-14H2,1-4H3,(H2,21,22,23);1H. The summed E-state index contributed by atoms with van der Waals surface area (Å²) in [5, 5.41) is 19.0. The molecule has 3 N–H and O–H groups in total. The number of thiophene rings is 1. The maximum absolute atomic E-state index is 10.6.